The number of amides is 1. The molecule has 0 unspecified atom stereocenters. The van der Waals surface area contributed by atoms with Gasteiger partial charge in [-0.25, -0.2) is 9.50 Å². The molecule has 0 aliphatic rings. The first kappa shape index (κ1) is 26.0. The summed E-state index contributed by atoms with van der Waals surface area (Å²) in [5.41, 5.74) is 0.0216. The third-order valence-electron chi connectivity index (χ3n) is 6.23. The summed E-state index contributed by atoms with van der Waals surface area (Å²) in [4.78, 5) is 17.4. The Morgan fingerprint density at radius 3 is 2.48 bits per heavy atom. The molecule has 0 aliphatic carbocycles. The van der Waals surface area contributed by atoms with Crippen LogP contribution in [-0.2, 0) is 12.7 Å². The summed E-state index contributed by atoms with van der Waals surface area (Å²) in [6.07, 6.45) is -3.09. The number of halogens is 5. The Bertz CT molecular complexity index is 1920. The van der Waals surface area contributed by atoms with Gasteiger partial charge in [0.2, 0.25) is 0 Å². The van der Waals surface area contributed by atoms with Gasteiger partial charge >= 0.3 is 6.18 Å². The lowest BCUT2D eigenvalue weighted by Crippen LogP contribution is -2.16. The molecule has 6 aromatic rings. The number of hydrogen-bond acceptors (Lipinski definition) is 4. The summed E-state index contributed by atoms with van der Waals surface area (Å²) in [5, 5.41) is 13.3. The highest BCUT2D eigenvalue weighted by Gasteiger charge is 2.35. The highest BCUT2D eigenvalue weighted by molar-refractivity contribution is 9.10. The smallest absolute Gasteiger partial charge is 0.303 e. The Balaban J connectivity index is 1.33. The Morgan fingerprint density at radius 1 is 0.950 bits per heavy atom. The molecule has 0 aliphatic heterocycles. The summed E-state index contributed by atoms with van der Waals surface area (Å²) in [6.45, 7) is 0.346. The number of alkyl halides is 3. The van der Waals surface area contributed by atoms with Crippen molar-refractivity contribution >= 4 is 55.7 Å². The van der Waals surface area contributed by atoms with Gasteiger partial charge in [0.1, 0.15) is 0 Å². The van der Waals surface area contributed by atoms with Gasteiger partial charge in [-0.15, -0.1) is 0 Å². The SMILES string of the molecule is O=C(Nc1nn(Cc2ccccc2Cl)cc1Br)c1cc2nc(-c3ccc4ccccc4c3)cc(C(F)(F)F)n2n1. The van der Waals surface area contributed by atoms with Crippen molar-refractivity contribution in [3.05, 3.63) is 112 Å². The summed E-state index contributed by atoms with van der Waals surface area (Å²) in [6, 6.07) is 22.2. The van der Waals surface area contributed by atoms with Gasteiger partial charge in [-0.05, 0) is 50.5 Å². The second-order valence-electron chi connectivity index (χ2n) is 8.95. The quantitative estimate of drug-likeness (QED) is 0.216. The molecule has 3 aromatic heterocycles. The van der Waals surface area contributed by atoms with Gasteiger partial charge in [0.25, 0.3) is 5.91 Å². The molecular formula is C28H17BrClF3N6O. The molecule has 200 valence electrons. The number of benzene rings is 3. The van der Waals surface area contributed by atoms with Gasteiger partial charge in [0.05, 0.1) is 16.7 Å². The molecule has 0 saturated heterocycles. The molecule has 0 bridgehead atoms. The van der Waals surface area contributed by atoms with E-state index in [1.807, 2.05) is 48.5 Å². The maximum atomic E-state index is 14.1. The van der Waals surface area contributed by atoms with Gasteiger partial charge < -0.3 is 5.32 Å². The van der Waals surface area contributed by atoms with Crippen LogP contribution >= 0.6 is 27.5 Å². The molecule has 1 amide bonds. The fraction of sp³-hybridized carbons (Fsp3) is 0.0714. The molecule has 40 heavy (non-hydrogen) atoms. The third-order valence-corrected chi connectivity index (χ3v) is 7.18. The largest absolute Gasteiger partial charge is 0.433 e. The van der Waals surface area contributed by atoms with E-state index in [0.29, 0.717) is 26.1 Å². The zero-order valence-electron chi connectivity index (χ0n) is 20.3. The minimum absolute atomic E-state index is 0.110. The van der Waals surface area contributed by atoms with Crippen molar-refractivity contribution in [1.29, 1.82) is 0 Å². The van der Waals surface area contributed by atoms with Crippen molar-refractivity contribution in [2.24, 2.45) is 0 Å². The van der Waals surface area contributed by atoms with Crippen molar-refractivity contribution in [2.45, 2.75) is 12.7 Å². The van der Waals surface area contributed by atoms with Crippen LogP contribution in [0.1, 0.15) is 21.7 Å². The van der Waals surface area contributed by atoms with Crippen molar-refractivity contribution in [1.82, 2.24) is 24.4 Å². The predicted molar refractivity (Wildman–Crippen MR) is 149 cm³/mol. The lowest BCUT2D eigenvalue weighted by molar-refractivity contribution is -0.142. The van der Waals surface area contributed by atoms with Gasteiger partial charge in [-0.1, -0.05) is 66.2 Å². The number of anilines is 1. The van der Waals surface area contributed by atoms with Crippen LogP contribution < -0.4 is 5.32 Å². The molecule has 0 atom stereocenters. The molecule has 0 radical (unpaired) electrons. The van der Waals surface area contributed by atoms with Crippen LogP contribution in [0.5, 0.6) is 0 Å². The first-order valence-corrected chi connectivity index (χ1v) is 13.1. The van der Waals surface area contributed by atoms with Crippen LogP contribution in [-0.4, -0.2) is 30.3 Å². The zero-order valence-corrected chi connectivity index (χ0v) is 22.7. The van der Waals surface area contributed by atoms with E-state index in [0.717, 1.165) is 22.4 Å². The molecule has 12 heteroatoms. The van der Waals surface area contributed by atoms with Crippen LogP contribution in [0.2, 0.25) is 5.02 Å². The van der Waals surface area contributed by atoms with Crippen molar-refractivity contribution < 1.29 is 18.0 Å². The van der Waals surface area contributed by atoms with E-state index in [-0.39, 0.29) is 22.9 Å². The van der Waals surface area contributed by atoms with E-state index in [9.17, 15) is 18.0 Å². The molecule has 3 heterocycles. The van der Waals surface area contributed by atoms with E-state index < -0.39 is 17.8 Å². The molecule has 3 aromatic carbocycles. The lowest BCUT2D eigenvalue weighted by Gasteiger charge is -2.11. The third kappa shape index (κ3) is 5.05. The van der Waals surface area contributed by atoms with E-state index >= 15 is 0 Å². The van der Waals surface area contributed by atoms with Crippen LogP contribution in [0.25, 0.3) is 27.7 Å². The van der Waals surface area contributed by atoms with Gasteiger partial charge in [0.15, 0.2) is 22.9 Å². The molecule has 0 fully saturated rings. The second kappa shape index (κ2) is 10.1. The Hall–Kier alpha value is -4.22. The first-order chi connectivity index (χ1) is 19.2. The molecule has 0 saturated carbocycles. The molecule has 0 spiro atoms. The number of carbonyl (C=O) groups is 1. The Kier molecular flexibility index (Phi) is 6.55. The number of fused-ring (bicyclic) bond motifs is 2. The topological polar surface area (TPSA) is 77.1 Å². The number of nitrogens with zero attached hydrogens (tertiary/aromatic N) is 5. The molecular weight excluding hydrogens is 609 g/mol. The van der Waals surface area contributed by atoms with Gasteiger partial charge in [-0.3, -0.25) is 9.48 Å². The second-order valence-corrected chi connectivity index (χ2v) is 10.2. The molecule has 7 nitrogen and oxygen atoms in total. The summed E-state index contributed by atoms with van der Waals surface area (Å²) in [7, 11) is 0. The Morgan fingerprint density at radius 2 is 1.70 bits per heavy atom. The minimum Gasteiger partial charge on any atom is -0.303 e. The van der Waals surface area contributed by atoms with Crippen molar-refractivity contribution in [3.8, 4) is 11.3 Å². The normalized spacial score (nSPS) is 11.8. The number of rotatable bonds is 5. The molecule has 6 rings (SSSR count). The van der Waals surface area contributed by atoms with Crippen LogP contribution in [0, 0.1) is 0 Å². The maximum absolute atomic E-state index is 14.1. The predicted octanol–water partition coefficient (Wildman–Crippen LogP) is 7.48. The van der Waals surface area contributed by atoms with E-state index in [4.69, 9.17) is 11.6 Å². The number of carbonyl (C=O) groups excluding carboxylic acids is 1. The minimum atomic E-state index is -4.74. The standard InChI is InChI=1S/C28H17BrClF3N6O/c29-20-15-38(14-19-7-3-4-8-21(19)30)37-26(20)35-27(40)23-13-25-34-22(12-24(28(31,32)33)39(25)36-23)18-10-9-16-5-1-2-6-17(16)11-18/h1-13,15H,14H2,(H,35,37,40). The molecule has 1 N–H and O–H groups in total. The fourth-order valence-corrected chi connectivity index (χ4v) is 4.93. The van der Waals surface area contributed by atoms with E-state index in [2.05, 4.69) is 36.4 Å². The fourth-order valence-electron chi connectivity index (χ4n) is 4.32. The van der Waals surface area contributed by atoms with Gasteiger partial charge in [0, 0.05) is 22.8 Å². The average Bonchev–Trinajstić information content (AvgIpc) is 3.51. The van der Waals surface area contributed by atoms with Crippen LogP contribution in [0.3, 0.4) is 0 Å². The van der Waals surface area contributed by atoms with E-state index in [1.54, 1.807) is 29.1 Å². The van der Waals surface area contributed by atoms with Crippen molar-refractivity contribution in [3.63, 3.8) is 0 Å². The lowest BCUT2D eigenvalue weighted by atomic mass is 10.0. The highest BCUT2D eigenvalue weighted by Crippen LogP contribution is 2.33. The Labute approximate surface area is 238 Å². The van der Waals surface area contributed by atoms with Crippen LogP contribution in [0.15, 0.2) is 89.5 Å². The summed E-state index contributed by atoms with van der Waals surface area (Å²) >= 11 is 9.58. The zero-order chi connectivity index (χ0) is 28.0. The number of aromatic nitrogens is 5. The summed E-state index contributed by atoms with van der Waals surface area (Å²) < 4.78 is 44.9. The summed E-state index contributed by atoms with van der Waals surface area (Å²) in [5.74, 6) is -0.565. The number of nitrogens with one attached hydrogen (secondary N) is 1. The average molecular weight is 626 g/mol. The first-order valence-electron chi connectivity index (χ1n) is 11.9. The van der Waals surface area contributed by atoms with Crippen LogP contribution in [0.4, 0.5) is 19.0 Å². The monoisotopic (exact) mass is 624 g/mol. The van der Waals surface area contributed by atoms with Crippen molar-refractivity contribution in [2.75, 3.05) is 5.32 Å². The maximum Gasteiger partial charge on any atom is 0.433 e. The van der Waals surface area contributed by atoms with E-state index in [1.165, 1.54) is 6.07 Å². The number of hydrogen-bond donors (Lipinski definition) is 1. The highest BCUT2D eigenvalue weighted by atomic mass is 79.9. The van der Waals surface area contributed by atoms with Gasteiger partial charge in [-0.2, -0.15) is 23.4 Å².